The molecule has 7 nitrogen and oxygen atoms in total. The average molecular weight is 723 g/mol. The van der Waals surface area contributed by atoms with E-state index < -0.39 is 10.1 Å². The summed E-state index contributed by atoms with van der Waals surface area (Å²) in [5.41, 5.74) is 0. The minimum absolute atomic E-state index is 0.129. The van der Waals surface area contributed by atoms with Gasteiger partial charge in [0.2, 0.25) is 11.7 Å². The molecule has 0 atom stereocenters. The molecule has 1 aliphatic heterocycles. The Morgan fingerprint density at radius 2 is 1.12 bits per heavy atom. The van der Waals surface area contributed by atoms with Crippen LogP contribution < -0.4 is 5.32 Å². The van der Waals surface area contributed by atoms with E-state index in [9.17, 15) is 17.8 Å². The number of rotatable bonds is 36. The number of amides is 1. The lowest BCUT2D eigenvalue weighted by Crippen LogP contribution is -2.37. The highest BCUT2D eigenvalue weighted by atomic mass is 32.2. The van der Waals surface area contributed by atoms with E-state index in [0.717, 1.165) is 57.6 Å². The summed E-state index contributed by atoms with van der Waals surface area (Å²) in [5, 5.41) is 3.11. The second kappa shape index (κ2) is 33.2. The number of amidine groups is 1. The SMILES string of the molecule is CCCCCCCC/C=C\CCCCCCCC(=O)NCCN1CC[N+](CCS(=O)(=O)O)=C1CCCCCCC/C=C\CCCCCCCC. The molecule has 0 radical (unpaired) electrons. The molecule has 0 saturated heterocycles. The highest BCUT2D eigenvalue weighted by molar-refractivity contribution is 7.85. The van der Waals surface area contributed by atoms with Crippen molar-refractivity contribution < 1.29 is 22.3 Å². The average Bonchev–Trinajstić information content (AvgIpc) is 3.48. The van der Waals surface area contributed by atoms with Crippen LogP contribution in [0.25, 0.3) is 0 Å². The summed E-state index contributed by atoms with van der Waals surface area (Å²) in [6.07, 6.45) is 43.7. The molecule has 1 aliphatic rings. The zero-order valence-corrected chi connectivity index (χ0v) is 33.6. The van der Waals surface area contributed by atoms with Gasteiger partial charge in [-0.3, -0.25) is 18.8 Å². The molecule has 1 amide bonds. The maximum Gasteiger partial charge on any atom is 0.268 e. The third-order valence-corrected chi connectivity index (χ3v) is 10.7. The van der Waals surface area contributed by atoms with E-state index in [4.69, 9.17) is 0 Å². The van der Waals surface area contributed by atoms with Crippen LogP contribution in [0.15, 0.2) is 24.3 Å². The molecule has 1 heterocycles. The first kappa shape index (κ1) is 46.4. The summed E-state index contributed by atoms with van der Waals surface area (Å²) >= 11 is 0. The topological polar surface area (TPSA) is 89.7 Å². The van der Waals surface area contributed by atoms with Crippen molar-refractivity contribution in [3.63, 3.8) is 0 Å². The molecule has 0 saturated carbocycles. The van der Waals surface area contributed by atoms with Crippen molar-refractivity contribution in [2.75, 3.05) is 38.5 Å². The molecule has 0 fully saturated rings. The van der Waals surface area contributed by atoms with Crippen LogP contribution in [0.5, 0.6) is 0 Å². The molecule has 2 N–H and O–H groups in total. The Hall–Kier alpha value is -1.67. The number of carbonyl (C=O) groups excluding carboxylic acids is 1. The van der Waals surface area contributed by atoms with Crippen molar-refractivity contribution in [1.82, 2.24) is 10.2 Å². The van der Waals surface area contributed by atoms with E-state index in [1.54, 1.807) is 0 Å². The standard InChI is InChI=1S/C42H79N3O4S/c1-3-5-7-9-11-13-15-17-19-21-23-25-27-29-31-33-41(46)43-35-36-44-37-38-45(39-40-50(47,48)49)42(44)34-32-30-28-26-24-22-20-18-16-14-12-10-8-6-4-2/h17-20H,3-16,21-40H2,1-2H3,(H-,43,46,47,48,49)/p+1/b19-17-,20-18-. The third kappa shape index (κ3) is 29.0. The van der Waals surface area contributed by atoms with Crippen LogP contribution >= 0.6 is 0 Å². The monoisotopic (exact) mass is 723 g/mol. The van der Waals surface area contributed by atoms with Gasteiger partial charge in [0.25, 0.3) is 10.1 Å². The second-order valence-electron chi connectivity index (χ2n) is 14.7. The van der Waals surface area contributed by atoms with E-state index in [1.807, 2.05) is 0 Å². The minimum Gasteiger partial charge on any atom is -0.352 e. The Kier molecular flexibility index (Phi) is 30.8. The van der Waals surface area contributed by atoms with Gasteiger partial charge in [-0.25, -0.2) is 0 Å². The Morgan fingerprint density at radius 1 is 0.680 bits per heavy atom. The van der Waals surface area contributed by atoms with Crippen LogP contribution in [0.4, 0.5) is 0 Å². The smallest absolute Gasteiger partial charge is 0.268 e. The molecule has 0 unspecified atom stereocenters. The summed E-state index contributed by atoms with van der Waals surface area (Å²) in [4.78, 5) is 14.8. The van der Waals surface area contributed by atoms with Gasteiger partial charge in [-0.05, 0) is 64.2 Å². The second-order valence-corrected chi connectivity index (χ2v) is 16.3. The maximum atomic E-state index is 12.5. The highest BCUT2D eigenvalue weighted by Crippen LogP contribution is 2.14. The number of unbranched alkanes of at least 4 members (excludes halogenated alkanes) is 22. The lowest BCUT2D eigenvalue weighted by Gasteiger charge is -2.14. The fraction of sp³-hybridized carbons (Fsp3) is 0.857. The van der Waals surface area contributed by atoms with Gasteiger partial charge in [-0.1, -0.05) is 141 Å². The van der Waals surface area contributed by atoms with Crippen LogP contribution in [-0.2, 0) is 14.9 Å². The van der Waals surface area contributed by atoms with Crippen LogP contribution in [-0.4, -0.2) is 72.7 Å². The molecule has 0 bridgehead atoms. The number of nitrogens with zero attached hydrogens (tertiary/aromatic N) is 2. The zero-order valence-electron chi connectivity index (χ0n) is 32.8. The maximum absolute atomic E-state index is 12.5. The van der Waals surface area contributed by atoms with E-state index in [0.29, 0.717) is 19.5 Å². The van der Waals surface area contributed by atoms with E-state index >= 15 is 0 Å². The molecular weight excluding hydrogens is 643 g/mol. The third-order valence-electron chi connectivity index (χ3n) is 10.0. The van der Waals surface area contributed by atoms with Gasteiger partial charge in [0, 0.05) is 12.8 Å². The summed E-state index contributed by atoms with van der Waals surface area (Å²) in [5.74, 6) is 1.05. The van der Waals surface area contributed by atoms with Crippen molar-refractivity contribution >= 4 is 21.9 Å². The van der Waals surface area contributed by atoms with E-state index in [2.05, 4.69) is 52.9 Å². The Bertz CT molecular complexity index is 1010. The lowest BCUT2D eigenvalue weighted by atomic mass is 10.1. The Labute approximate surface area is 310 Å². The van der Waals surface area contributed by atoms with E-state index in [-0.39, 0.29) is 11.7 Å². The normalized spacial score (nSPS) is 13.9. The van der Waals surface area contributed by atoms with Gasteiger partial charge >= 0.3 is 0 Å². The van der Waals surface area contributed by atoms with Gasteiger partial charge in [0.15, 0.2) is 0 Å². The summed E-state index contributed by atoms with van der Waals surface area (Å²) in [7, 11) is -4.00. The molecule has 0 aliphatic carbocycles. The summed E-state index contributed by atoms with van der Waals surface area (Å²) < 4.78 is 34.3. The zero-order chi connectivity index (χ0) is 36.4. The van der Waals surface area contributed by atoms with Gasteiger partial charge in [-0.15, -0.1) is 0 Å². The van der Waals surface area contributed by atoms with Crippen LogP contribution in [0, 0.1) is 0 Å². The molecule has 8 heteroatoms. The Balaban J connectivity index is 2.19. The number of nitrogens with one attached hydrogen (secondary N) is 1. The minimum atomic E-state index is -4.00. The molecular formula is C42H80N3O4S+. The van der Waals surface area contributed by atoms with Crippen molar-refractivity contribution in [3.05, 3.63) is 24.3 Å². The molecule has 50 heavy (non-hydrogen) atoms. The van der Waals surface area contributed by atoms with Crippen LogP contribution in [0.3, 0.4) is 0 Å². The molecule has 0 spiro atoms. The lowest BCUT2D eigenvalue weighted by molar-refractivity contribution is -0.514. The van der Waals surface area contributed by atoms with Gasteiger partial charge in [0.05, 0.1) is 6.54 Å². The predicted molar refractivity (Wildman–Crippen MR) is 215 cm³/mol. The van der Waals surface area contributed by atoms with Crippen molar-refractivity contribution in [3.8, 4) is 0 Å². The van der Waals surface area contributed by atoms with Gasteiger partial charge in [-0.2, -0.15) is 8.42 Å². The summed E-state index contributed by atoms with van der Waals surface area (Å²) in [6.45, 7) is 7.78. The van der Waals surface area contributed by atoms with Crippen molar-refractivity contribution in [1.29, 1.82) is 0 Å². The van der Waals surface area contributed by atoms with Crippen LogP contribution in [0.2, 0.25) is 0 Å². The summed E-state index contributed by atoms with van der Waals surface area (Å²) in [6, 6.07) is 0. The molecule has 1 rings (SSSR count). The fourth-order valence-corrected chi connectivity index (χ4v) is 7.30. The first-order valence-electron chi connectivity index (χ1n) is 21.2. The predicted octanol–water partition coefficient (Wildman–Crippen LogP) is 10.8. The number of hydrogen-bond donors (Lipinski definition) is 2. The van der Waals surface area contributed by atoms with Gasteiger partial charge < -0.3 is 5.32 Å². The number of allylic oxidation sites excluding steroid dienone is 4. The molecule has 0 aromatic rings. The first-order valence-corrected chi connectivity index (χ1v) is 22.9. The number of hydrogen-bond acceptors (Lipinski definition) is 4. The largest absolute Gasteiger partial charge is 0.352 e. The van der Waals surface area contributed by atoms with Gasteiger partial charge in [0.1, 0.15) is 31.9 Å². The Morgan fingerprint density at radius 3 is 1.60 bits per heavy atom. The van der Waals surface area contributed by atoms with E-state index in [1.165, 1.54) is 141 Å². The van der Waals surface area contributed by atoms with Crippen molar-refractivity contribution in [2.45, 2.75) is 194 Å². The first-order chi connectivity index (χ1) is 24.4. The highest BCUT2D eigenvalue weighted by Gasteiger charge is 2.30. The number of carbonyl (C=O) groups is 1. The van der Waals surface area contributed by atoms with Crippen LogP contribution in [0.1, 0.15) is 194 Å². The molecule has 0 aromatic carbocycles. The molecule has 0 aromatic heterocycles. The fourth-order valence-electron chi connectivity index (χ4n) is 6.85. The quantitative estimate of drug-likeness (QED) is 0.0291. The van der Waals surface area contributed by atoms with Crippen molar-refractivity contribution in [2.24, 2.45) is 0 Å². The molecule has 292 valence electrons.